The number of nitrogens with one attached hydrogen (secondary N) is 2. The van der Waals surface area contributed by atoms with Gasteiger partial charge in [0, 0.05) is 0 Å². The summed E-state index contributed by atoms with van der Waals surface area (Å²) >= 11 is 1.25. The van der Waals surface area contributed by atoms with E-state index in [1.165, 1.54) is 11.9 Å². The maximum Gasteiger partial charge on any atom is 0.169 e. The van der Waals surface area contributed by atoms with E-state index in [2.05, 4.69) is 25.7 Å². The largest absolute Gasteiger partial charge is 0.281 e. The smallest absolute Gasteiger partial charge is 0.169 e. The maximum atomic E-state index is 3.85. The van der Waals surface area contributed by atoms with Crippen LogP contribution < -0.4 is 11.0 Å². The number of nitrogens with zero attached hydrogens (tertiary/aromatic N) is 3. The van der Waals surface area contributed by atoms with Crippen LogP contribution in [-0.4, -0.2) is 5.04 Å². The van der Waals surface area contributed by atoms with Crippen molar-refractivity contribution < 1.29 is 0 Å². The van der Waals surface area contributed by atoms with Crippen LogP contribution in [0.25, 0.3) is 0 Å². The van der Waals surface area contributed by atoms with E-state index < -0.39 is 0 Å². The highest BCUT2D eigenvalue weighted by Crippen LogP contribution is 2.19. The first-order valence-electron chi connectivity index (χ1n) is 2.33. The Bertz CT molecular complexity index is 216. The Morgan fingerprint density at radius 3 is 3.44 bits per heavy atom. The monoisotopic (exact) mass is 141 g/mol. The molecule has 0 fully saturated rings. The van der Waals surface area contributed by atoms with Gasteiger partial charge in [-0.15, -0.1) is 14.7 Å². The Hall–Kier alpha value is -1.04. The first-order chi connectivity index (χ1) is 4.47. The van der Waals surface area contributed by atoms with E-state index in [1.807, 2.05) is 0 Å². The maximum absolute atomic E-state index is 3.85. The second-order valence-corrected chi connectivity index (χ2v) is 2.22. The first kappa shape index (κ1) is 4.80. The number of rotatable bonds is 0. The van der Waals surface area contributed by atoms with Crippen LogP contribution in [-0.2, 0) is 0 Å². The summed E-state index contributed by atoms with van der Waals surface area (Å²) in [6.45, 7) is 0. The van der Waals surface area contributed by atoms with E-state index in [0.717, 1.165) is 10.7 Å². The Morgan fingerprint density at radius 1 is 1.56 bits per heavy atom. The van der Waals surface area contributed by atoms with E-state index >= 15 is 0 Å². The lowest BCUT2D eigenvalue weighted by Gasteiger charge is -1.98. The van der Waals surface area contributed by atoms with Gasteiger partial charge in [0.25, 0.3) is 0 Å². The van der Waals surface area contributed by atoms with E-state index in [9.17, 15) is 0 Å². The van der Waals surface area contributed by atoms with Crippen molar-refractivity contribution in [3.05, 3.63) is 11.9 Å². The van der Waals surface area contributed by atoms with Crippen LogP contribution in [0.2, 0.25) is 0 Å². The second-order valence-electron chi connectivity index (χ2n) is 1.48. The van der Waals surface area contributed by atoms with Gasteiger partial charge in [0.1, 0.15) is 5.70 Å². The van der Waals surface area contributed by atoms with Gasteiger partial charge in [0.15, 0.2) is 5.04 Å². The van der Waals surface area contributed by atoms with Gasteiger partial charge in [0.2, 0.25) is 0 Å². The van der Waals surface area contributed by atoms with E-state index in [4.69, 9.17) is 0 Å². The molecule has 0 saturated heterocycles. The lowest BCUT2D eigenvalue weighted by Crippen LogP contribution is -2.19. The molecule has 2 rings (SSSR count). The fourth-order valence-corrected chi connectivity index (χ4v) is 1.01. The highest BCUT2D eigenvalue weighted by Gasteiger charge is 2.15. The number of hydrogen-bond acceptors (Lipinski definition) is 6. The number of hydrogen-bond donors (Lipinski definition) is 2. The van der Waals surface area contributed by atoms with Gasteiger partial charge >= 0.3 is 0 Å². The zero-order valence-corrected chi connectivity index (χ0v) is 5.14. The summed E-state index contributed by atoms with van der Waals surface area (Å²) in [6, 6.07) is 0. The zero-order chi connectivity index (χ0) is 6.10. The Morgan fingerprint density at radius 2 is 2.56 bits per heavy atom. The van der Waals surface area contributed by atoms with Crippen LogP contribution in [0.1, 0.15) is 0 Å². The molecule has 0 aromatic rings. The SMILES string of the molecule is C1=C2NNN=C2SN=N1. The molecule has 0 bridgehead atoms. The zero-order valence-electron chi connectivity index (χ0n) is 4.33. The molecule has 2 aliphatic rings. The van der Waals surface area contributed by atoms with Gasteiger partial charge < -0.3 is 0 Å². The summed E-state index contributed by atoms with van der Waals surface area (Å²) in [5, 5.41) is 8.35. The van der Waals surface area contributed by atoms with E-state index in [1.54, 1.807) is 6.20 Å². The highest BCUT2D eigenvalue weighted by atomic mass is 32.2. The van der Waals surface area contributed by atoms with Crippen LogP contribution in [0.5, 0.6) is 0 Å². The van der Waals surface area contributed by atoms with Gasteiger partial charge in [-0.1, -0.05) is 0 Å². The predicted octanol–water partition coefficient (Wildman–Crippen LogP) is 0.363. The molecule has 0 aliphatic carbocycles. The minimum absolute atomic E-state index is 0.838. The third-order valence-electron chi connectivity index (χ3n) is 0.940. The molecule has 0 amide bonds. The van der Waals surface area contributed by atoms with Crippen molar-refractivity contribution in [3.63, 3.8) is 0 Å². The van der Waals surface area contributed by atoms with Crippen molar-refractivity contribution in [1.29, 1.82) is 0 Å². The standard InChI is InChI=1S/C3H3N5S/c1-2-3(6-7-5-2)9-8-4-1/h1,5,7H. The molecule has 0 spiro atoms. The fraction of sp³-hybridized carbons (Fsp3) is 0. The third-order valence-corrected chi connectivity index (χ3v) is 1.60. The summed E-state index contributed by atoms with van der Waals surface area (Å²) in [5.41, 5.74) is 6.27. The van der Waals surface area contributed by atoms with Crippen molar-refractivity contribution in [2.75, 3.05) is 0 Å². The molecule has 0 aromatic heterocycles. The quantitative estimate of drug-likeness (QED) is 0.479. The Balaban J connectivity index is 2.37. The number of hydrazine groups is 1. The lowest BCUT2D eigenvalue weighted by atomic mass is 10.5. The normalized spacial score (nSPS) is 21.3. The minimum atomic E-state index is 0.838. The average Bonchev–Trinajstić information content (AvgIpc) is 2.33. The van der Waals surface area contributed by atoms with Crippen LogP contribution in [0.3, 0.4) is 0 Å². The topological polar surface area (TPSA) is 61.1 Å². The highest BCUT2D eigenvalue weighted by molar-refractivity contribution is 8.13. The van der Waals surface area contributed by atoms with Crippen molar-refractivity contribution in [3.8, 4) is 0 Å². The summed E-state index contributed by atoms with van der Waals surface area (Å²) in [6.07, 6.45) is 1.62. The first-order valence-corrected chi connectivity index (χ1v) is 3.10. The fourth-order valence-electron chi connectivity index (χ4n) is 0.553. The molecule has 46 valence electrons. The molecular formula is C3H3N5S. The van der Waals surface area contributed by atoms with Gasteiger partial charge in [-0.05, 0) is 0 Å². The van der Waals surface area contributed by atoms with Crippen molar-refractivity contribution in [2.24, 2.45) is 14.7 Å². The summed E-state index contributed by atoms with van der Waals surface area (Å²) < 4.78 is 3.67. The lowest BCUT2D eigenvalue weighted by molar-refractivity contribution is 0.688. The molecule has 9 heavy (non-hydrogen) atoms. The molecule has 6 heteroatoms. The number of hydrazone groups is 1. The van der Waals surface area contributed by atoms with E-state index in [0.29, 0.717) is 0 Å². The molecule has 0 aromatic carbocycles. The molecule has 2 aliphatic heterocycles. The Kier molecular flexibility index (Phi) is 0.922. The predicted molar refractivity (Wildman–Crippen MR) is 34.2 cm³/mol. The van der Waals surface area contributed by atoms with Crippen LogP contribution >= 0.6 is 11.9 Å². The molecule has 0 atom stereocenters. The summed E-state index contributed by atoms with van der Waals surface area (Å²) in [5.74, 6) is 0. The average molecular weight is 141 g/mol. The minimum Gasteiger partial charge on any atom is -0.281 e. The molecule has 5 nitrogen and oxygen atoms in total. The number of fused-ring (bicyclic) bond motifs is 1. The van der Waals surface area contributed by atoms with E-state index in [-0.39, 0.29) is 0 Å². The molecule has 2 N–H and O–H groups in total. The molecule has 2 heterocycles. The van der Waals surface area contributed by atoms with Gasteiger partial charge in [0.05, 0.1) is 18.1 Å². The van der Waals surface area contributed by atoms with Crippen LogP contribution in [0.4, 0.5) is 0 Å². The molecule has 0 unspecified atom stereocenters. The molecular weight excluding hydrogens is 138 g/mol. The van der Waals surface area contributed by atoms with Crippen LogP contribution in [0.15, 0.2) is 26.6 Å². The molecule has 0 radical (unpaired) electrons. The second kappa shape index (κ2) is 1.73. The summed E-state index contributed by atoms with van der Waals surface area (Å²) in [7, 11) is 0. The Labute approximate surface area is 55.4 Å². The third kappa shape index (κ3) is 0.672. The van der Waals surface area contributed by atoms with Crippen molar-refractivity contribution >= 4 is 17.0 Å². The van der Waals surface area contributed by atoms with Gasteiger partial charge in [-0.3, -0.25) is 5.43 Å². The van der Waals surface area contributed by atoms with Gasteiger partial charge in [-0.2, -0.15) is 0 Å². The molecule has 0 saturated carbocycles. The van der Waals surface area contributed by atoms with Gasteiger partial charge in [-0.25, -0.2) is 5.53 Å². The van der Waals surface area contributed by atoms with Crippen molar-refractivity contribution in [1.82, 2.24) is 11.0 Å². The summed E-state index contributed by atoms with van der Waals surface area (Å²) in [4.78, 5) is 0. The van der Waals surface area contributed by atoms with Crippen molar-refractivity contribution in [2.45, 2.75) is 0 Å². The van der Waals surface area contributed by atoms with Crippen LogP contribution in [0, 0.1) is 0 Å².